The normalized spacial score (nSPS) is 12.7. The summed E-state index contributed by atoms with van der Waals surface area (Å²) < 4.78 is 53.6. The summed E-state index contributed by atoms with van der Waals surface area (Å²) in [7, 11) is 0. The van der Waals surface area contributed by atoms with E-state index in [4.69, 9.17) is 0 Å². The first-order valence-electron chi connectivity index (χ1n) is 9.29. The molecular weight excluding hydrogens is 386 g/mol. The van der Waals surface area contributed by atoms with Crippen LogP contribution in [0.4, 0.5) is 17.6 Å². The Morgan fingerprint density at radius 2 is 1.83 bits per heavy atom. The van der Waals surface area contributed by atoms with Gasteiger partial charge in [-0.25, -0.2) is 22.5 Å². The summed E-state index contributed by atoms with van der Waals surface area (Å²) in [6.45, 7) is 1.84. The van der Waals surface area contributed by atoms with Gasteiger partial charge in [0.05, 0.1) is 11.3 Å². The van der Waals surface area contributed by atoms with Crippen LogP contribution in [0, 0.1) is 0 Å². The monoisotopic (exact) mass is 407 g/mol. The van der Waals surface area contributed by atoms with Gasteiger partial charge in [0, 0.05) is 12.2 Å². The van der Waals surface area contributed by atoms with Crippen LogP contribution in [-0.2, 0) is 6.42 Å². The van der Waals surface area contributed by atoms with Gasteiger partial charge in [-0.15, -0.1) is 0 Å². The first kappa shape index (κ1) is 20.8. The van der Waals surface area contributed by atoms with Crippen molar-refractivity contribution in [3.63, 3.8) is 0 Å². The number of nitrogens with zero attached hydrogens (tertiary/aromatic N) is 2. The Morgan fingerprint density at radius 3 is 2.48 bits per heavy atom. The van der Waals surface area contributed by atoms with Crippen LogP contribution in [0.5, 0.6) is 0 Å². The Bertz CT molecular complexity index is 973. The molecule has 3 rings (SSSR count). The Morgan fingerprint density at radius 1 is 1.10 bits per heavy atom. The number of carbonyl (C=O) groups excluding carboxylic acids is 1. The molecular formula is C21H21F4N3O. The van der Waals surface area contributed by atoms with Crippen molar-refractivity contribution in [2.24, 2.45) is 0 Å². The van der Waals surface area contributed by atoms with E-state index in [-0.39, 0.29) is 17.3 Å². The molecule has 154 valence electrons. The number of carbonyl (C=O) groups is 1. The quantitative estimate of drug-likeness (QED) is 0.512. The largest absolute Gasteiger partial charge is 0.349 e. The number of benzene rings is 1. The maximum Gasteiger partial charge on any atom is 0.280 e. The van der Waals surface area contributed by atoms with Crippen molar-refractivity contribution >= 4 is 11.6 Å². The molecule has 1 aromatic carbocycles. The third kappa shape index (κ3) is 4.93. The van der Waals surface area contributed by atoms with Crippen molar-refractivity contribution < 1.29 is 22.4 Å². The number of aromatic nitrogens is 2. The molecule has 0 fully saturated rings. The molecule has 1 atom stereocenters. The summed E-state index contributed by atoms with van der Waals surface area (Å²) >= 11 is 0. The fraction of sp³-hybridized carbons (Fsp3) is 0.333. The molecule has 8 heteroatoms. The average molecular weight is 407 g/mol. The lowest BCUT2D eigenvalue weighted by atomic mass is 10.1. The lowest BCUT2D eigenvalue weighted by molar-refractivity contribution is 0.0939. The number of hydrogen-bond donors (Lipinski definition) is 1. The molecule has 0 radical (unpaired) electrons. The van der Waals surface area contributed by atoms with E-state index in [0.717, 1.165) is 17.2 Å². The number of amides is 1. The zero-order valence-electron chi connectivity index (χ0n) is 15.8. The van der Waals surface area contributed by atoms with Gasteiger partial charge in [-0.3, -0.25) is 9.20 Å². The van der Waals surface area contributed by atoms with E-state index < -0.39 is 30.1 Å². The van der Waals surface area contributed by atoms with Gasteiger partial charge in [0.1, 0.15) is 11.3 Å². The van der Waals surface area contributed by atoms with E-state index in [1.54, 1.807) is 0 Å². The molecule has 2 aromatic heterocycles. The SMILES string of the molecule is CC(CCCc1ccccc1)NC(=O)c1ccn2c(C(F)F)cc(C(F)F)nc12. The minimum atomic E-state index is -3.01. The van der Waals surface area contributed by atoms with Gasteiger partial charge in [-0.05, 0) is 43.9 Å². The molecule has 0 saturated heterocycles. The molecule has 4 nitrogen and oxygen atoms in total. The number of hydrogen-bond acceptors (Lipinski definition) is 2. The molecule has 1 unspecified atom stereocenters. The minimum absolute atomic E-state index is 0.00990. The number of aryl methyl sites for hydroxylation is 1. The fourth-order valence-corrected chi connectivity index (χ4v) is 3.21. The second-order valence-corrected chi connectivity index (χ2v) is 6.88. The second kappa shape index (κ2) is 9.07. The zero-order chi connectivity index (χ0) is 21.0. The maximum atomic E-state index is 13.2. The van der Waals surface area contributed by atoms with Crippen LogP contribution in [0.15, 0.2) is 48.7 Å². The number of alkyl halides is 4. The standard InChI is InChI=1S/C21H21F4N3O/c1-13(6-5-9-14-7-3-2-4-8-14)26-21(29)15-10-11-28-17(19(24)25)12-16(18(22)23)27-20(15)28/h2-4,7-8,10-13,18-19H,5-6,9H2,1H3,(H,26,29). The molecule has 0 bridgehead atoms. The van der Waals surface area contributed by atoms with Gasteiger partial charge in [-0.2, -0.15) is 0 Å². The van der Waals surface area contributed by atoms with Gasteiger partial charge in [0.15, 0.2) is 0 Å². The van der Waals surface area contributed by atoms with Gasteiger partial charge in [-0.1, -0.05) is 30.3 Å². The lowest BCUT2D eigenvalue weighted by Gasteiger charge is -2.14. The number of rotatable bonds is 8. The molecule has 0 spiro atoms. The Balaban J connectivity index is 1.71. The van der Waals surface area contributed by atoms with Gasteiger partial charge >= 0.3 is 0 Å². The van der Waals surface area contributed by atoms with E-state index in [1.807, 2.05) is 37.3 Å². The number of halogens is 4. The van der Waals surface area contributed by atoms with Crippen LogP contribution >= 0.6 is 0 Å². The molecule has 1 amide bonds. The van der Waals surface area contributed by atoms with Crippen molar-refractivity contribution in [2.75, 3.05) is 0 Å². The predicted molar refractivity (Wildman–Crippen MR) is 101 cm³/mol. The molecule has 0 aliphatic heterocycles. The van der Waals surface area contributed by atoms with Gasteiger partial charge in [0.2, 0.25) is 0 Å². The molecule has 3 aromatic rings. The third-order valence-corrected chi connectivity index (χ3v) is 4.68. The first-order chi connectivity index (χ1) is 13.9. The van der Waals surface area contributed by atoms with Gasteiger partial charge < -0.3 is 5.32 Å². The first-order valence-corrected chi connectivity index (χ1v) is 9.29. The highest BCUT2D eigenvalue weighted by atomic mass is 19.3. The van der Waals surface area contributed by atoms with Gasteiger partial charge in [0.25, 0.3) is 18.8 Å². The summed E-state index contributed by atoms with van der Waals surface area (Å²) in [5.41, 5.74) is -0.416. The van der Waals surface area contributed by atoms with E-state index in [0.29, 0.717) is 12.5 Å². The predicted octanol–water partition coefficient (Wildman–Crippen LogP) is 5.35. The average Bonchev–Trinajstić information content (AvgIpc) is 3.12. The highest BCUT2D eigenvalue weighted by molar-refractivity contribution is 6.00. The van der Waals surface area contributed by atoms with Crippen LogP contribution in [0.3, 0.4) is 0 Å². The zero-order valence-corrected chi connectivity index (χ0v) is 15.8. The fourth-order valence-electron chi connectivity index (χ4n) is 3.21. The van der Waals surface area contributed by atoms with Crippen LogP contribution < -0.4 is 5.32 Å². The van der Waals surface area contributed by atoms with E-state index >= 15 is 0 Å². The number of fused-ring (bicyclic) bond motifs is 1. The van der Waals surface area contributed by atoms with Crippen LogP contribution in [0.25, 0.3) is 5.65 Å². The van der Waals surface area contributed by atoms with E-state index in [9.17, 15) is 22.4 Å². The third-order valence-electron chi connectivity index (χ3n) is 4.68. The smallest absolute Gasteiger partial charge is 0.280 e. The van der Waals surface area contributed by atoms with E-state index in [1.165, 1.54) is 17.8 Å². The van der Waals surface area contributed by atoms with Crippen LogP contribution in [0.2, 0.25) is 0 Å². The van der Waals surface area contributed by atoms with Crippen LogP contribution in [-0.4, -0.2) is 21.3 Å². The van der Waals surface area contributed by atoms with Crippen molar-refractivity contribution in [3.8, 4) is 0 Å². The highest BCUT2D eigenvalue weighted by Gasteiger charge is 2.23. The summed E-state index contributed by atoms with van der Waals surface area (Å²) in [5.74, 6) is -0.529. The second-order valence-electron chi connectivity index (χ2n) is 6.88. The summed E-state index contributed by atoms with van der Waals surface area (Å²) in [6.07, 6.45) is -2.31. The van der Waals surface area contributed by atoms with Crippen molar-refractivity contribution in [2.45, 2.75) is 45.1 Å². The molecule has 0 aliphatic rings. The molecule has 0 aliphatic carbocycles. The van der Waals surface area contributed by atoms with Crippen LogP contribution in [0.1, 0.15) is 59.9 Å². The molecule has 2 heterocycles. The van der Waals surface area contributed by atoms with Crippen molar-refractivity contribution in [1.82, 2.24) is 14.7 Å². The molecule has 1 N–H and O–H groups in total. The molecule has 0 saturated carbocycles. The summed E-state index contributed by atoms with van der Waals surface area (Å²) in [6, 6.07) is 11.7. The minimum Gasteiger partial charge on any atom is -0.349 e. The Kier molecular flexibility index (Phi) is 6.51. The summed E-state index contributed by atoms with van der Waals surface area (Å²) in [4.78, 5) is 16.3. The molecule has 29 heavy (non-hydrogen) atoms. The Hall–Kier alpha value is -2.90. The topological polar surface area (TPSA) is 46.4 Å². The van der Waals surface area contributed by atoms with Crippen molar-refractivity contribution in [3.05, 3.63) is 71.2 Å². The van der Waals surface area contributed by atoms with E-state index in [2.05, 4.69) is 10.3 Å². The Labute approximate surface area is 165 Å². The highest BCUT2D eigenvalue weighted by Crippen LogP contribution is 2.27. The lowest BCUT2D eigenvalue weighted by Crippen LogP contribution is -2.32. The van der Waals surface area contributed by atoms with Crippen molar-refractivity contribution in [1.29, 1.82) is 0 Å². The summed E-state index contributed by atoms with van der Waals surface area (Å²) in [5, 5.41) is 2.79. The maximum absolute atomic E-state index is 13.2. The number of nitrogens with one attached hydrogen (secondary N) is 1.